The Morgan fingerprint density at radius 3 is 2.74 bits per heavy atom. The van der Waals surface area contributed by atoms with Crippen molar-refractivity contribution in [2.45, 2.75) is 37.9 Å². The summed E-state index contributed by atoms with van der Waals surface area (Å²) in [7, 11) is 0. The number of rotatable bonds is 6. The molecule has 2 aromatic rings. The van der Waals surface area contributed by atoms with Gasteiger partial charge in [-0.15, -0.1) is 0 Å². The Balaban J connectivity index is 1.27. The Bertz CT molecular complexity index is 721. The molecule has 2 fully saturated rings. The van der Waals surface area contributed by atoms with E-state index in [0.29, 0.717) is 18.5 Å². The fourth-order valence-electron chi connectivity index (χ4n) is 4.19. The average Bonchev–Trinajstić information content (AvgIpc) is 3.09. The van der Waals surface area contributed by atoms with Crippen LogP contribution in [0.1, 0.15) is 31.4 Å². The SMILES string of the molecule is Fc1cnc(N2CCC3(CC2)OCC[C@H]3CCOCc2ccccn2)nc1. The zero-order chi connectivity index (χ0) is 18.5. The van der Waals surface area contributed by atoms with Crippen LogP contribution >= 0.6 is 0 Å². The largest absolute Gasteiger partial charge is 0.375 e. The van der Waals surface area contributed by atoms with E-state index >= 15 is 0 Å². The zero-order valence-corrected chi connectivity index (χ0v) is 15.4. The average molecular weight is 372 g/mol. The second-order valence-corrected chi connectivity index (χ2v) is 7.25. The first-order chi connectivity index (χ1) is 13.3. The van der Waals surface area contributed by atoms with Gasteiger partial charge in [0.25, 0.3) is 0 Å². The Hall–Kier alpha value is -2.12. The molecule has 0 amide bonds. The molecular formula is C20H25FN4O2. The van der Waals surface area contributed by atoms with Crippen molar-refractivity contribution in [1.29, 1.82) is 0 Å². The van der Waals surface area contributed by atoms with E-state index < -0.39 is 5.82 Å². The lowest BCUT2D eigenvalue weighted by molar-refractivity contribution is -0.0478. The summed E-state index contributed by atoms with van der Waals surface area (Å²) >= 11 is 0. The maximum Gasteiger partial charge on any atom is 0.225 e. The number of nitrogens with zero attached hydrogens (tertiary/aromatic N) is 4. The molecular weight excluding hydrogens is 347 g/mol. The summed E-state index contributed by atoms with van der Waals surface area (Å²) in [4.78, 5) is 14.6. The molecule has 0 aliphatic carbocycles. The molecule has 0 N–H and O–H groups in total. The standard InChI is InChI=1S/C20H25FN4O2/c21-17-13-23-19(24-14-17)25-9-6-20(7-10-25)16(5-12-27-20)4-11-26-15-18-3-1-2-8-22-18/h1-3,8,13-14,16H,4-7,9-12,15H2/t16-/m1/s1. The van der Waals surface area contributed by atoms with Gasteiger partial charge in [0, 0.05) is 32.5 Å². The molecule has 144 valence electrons. The van der Waals surface area contributed by atoms with Crippen molar-refractivity contribution in [2.75, 3.05) is 31.2 Å². The monoisotopic (exact) mass is 372 g/mol. The lowest BCUT2D eigenvalue weighted by Crippen LogP contribution is -2.48. The Kier molecular flexibility index (Phi) is 5.59. The lowest BCUT2D eigenvalue weighted by atomic mass is 9.78. The molecule has 0 bridgehead atoms. The van der Waals surface area contributed by atoms with Crippen LogP contribution in [0.15, 0.2) is 36.8 Å². The number of piperidine rings is 1. The van der Waals surface area contributed by atoms with Crippen LogP contribution in [0.25, 0.3) is 0 Å². The Labute approximate surface area is 158 Å². The number of hydrogen-bond acceptors (Lipinski definition) is 6. The summed E-state index contributed by atoms with van der Waals surface area (Å²) in [5.74, 6) is 0.703. The number of aromatic nitrogens is 3. The van der Waals surface area contributed by atoms with Crippen molar-refractivity contribution < 1.29 is 13.9 Å². The molecule has 1 atom stereocenters. The molecule has 2 aromatic heterocycles. The molecule has 0 unspecified atom stereocenters. The topological polar surface area (TPSA) is 60.4 Å². The molecule has 0 aromatic carbocycles. The summed E-state index contributed by atoms with van der Waals surface area (Å²) in [6, 6.07) is 5.87. The van der Waals surface area contributed by atoms with E-state index in [2.05, 4.69) is 19.9 Å². The van der Waals surface area contributed by atoms with E-state index in [1.54, 1.807) is 6.20 Å². The molecule has 2 aliphatic heterocycles. The van der Waals surface area contributed by atoms with E-state index in [-0.39, 0.29) is 5.60 Å². The van der Waals surface area contributed by atoms with Gasteiger partial charge in [-0.05, 0) is 43.7 Å². The fraction of sp³-hybridized carbons (Fsp3) is 0.550. The molecule has 0 radical (unpaired) electrons. The van der Waals surface area contributed by atoms with Crippen LogP contribution in [-0.2, 0) is 16.1 Å². The van der Waals surface area contributed by atoms with Crippen molar-refractivity contribution in [2.24, 2.45) is 5.92 Å². The molecule has 2 saturated heterocycles. The van der Waals surface area contributed by atoms with Gasteiger partial charge in [0.05, 0.1) is 30.3 Å². The molecule has 6 nitrogen and oxygen atoms in total. The summed E-state index contributed by atoms with van der Waals surface area (Å²) in [6.45, 7) is 3.75. The van der Waals surface area contributed by atoms with E-state index in [0.717, 1.165) is 57.7 Å². The van der Waals surface area contributed by atoms with Gasteiger partial charge in [0.15, 0.2) is 5.82 Å². The van der Waals surface area contributed by atoms with Gasteiger partial charge >= 0.3 is 0 Å². The van der Waals surface area contributed by atoms with Crippen LogP contribution in [-0.4, -0.2) is 46.9 Å². The maximum absolute atomic E-state index is 13.0. The number of ether oxygens (including phenoxy) is 2. The van der Waals surface area contributed by atoms with Gasteiger partial charge < -0.3 is 14.4 Å². The first-order valence-electron chi connectivity index (χ1n) is 9.59. The van der Waals surface area contributed by atoms with Gasteiger partial charge in [-0.2, -0.15) is 0 Å². The van der Waals surface area contributed by atoms with Crippen LogP contribution in [0.4, 0.5) is 10.3 Å². The third-order valence-corrected chi connectivity index (χ3v) is 5.69. The van der Waals surface area contributed by atoms with Crippen molar-refractivity contribution in [1.82, 2.24) is 15.0 Å². The molecule has 2 aliphatic rings. The smallest absolute Gasteiger partial charge is 0.225 e. The third kappa shape index (κ3) is 4.25. The summed E-state index contributed by atoms with van der Waals surface area (Å²) in [5.41, 5.74) is 0.896. The van der Waals surface area contributed by atoms with Crippen molar-refractivity contribution in [3.63, 3.8) is 0 Å². The minimum Gasteiger partial charge on any atom is -0.375 e. The summed E-state index contributed by atoms with van der Waals surface area (Å²) in [5, 5.41) is 0. The normalized spacial score (nSPS) is 21.7. The maximum atomic E-state index is 13.0. The van der Waals surface area contributed by atoms with Crippen LogP contribution in [0.2, 0.25) is 0 Å². The summed E-state index contributed by atoms with van der Waals surface area (Å²) < 4.78 is 25.1. The third-order valence-electron chi connectivity index (χ3n) is 5.69. The highest BCUT2D eigenvalue weighted by Crippen LogP contribution is 2.42. The van der Waals surface area contributed by atoms with Gasteiger partial charge in [-0.25, -0.2) is 14.4 Å². The molecule has 27 heavy (non-hydrogen) atoms. The highest BCUT2D eigenvalue weighted by molar-refractivity contribution is 5.30. The first kappa shape index (κ1) is 18.3. The number of pyridine rings is 1. The molecule has 0 saturated carbocycles. The van der Waals surface area contributed by atoms with Crippen LogP contribution in [0, 0.1) is 11.7 Å². The van der Waals surface area contributed by atoms with Crippen molar-refractivity contribution in [3.8, 4) is 0 Å². The molecule has 7 heteroatoms. The number of hydrogen-bond donors (Lipinski definition) is 0. The molecule has 1 spiro atoms. The van der Waals surface area contributed by atoms with Crippen LogP contribution < -0.4 is 4.90 Å². The quantitative estimate of drug-likeness (QED) is 0.727. The predicted octanol–water partition coefficient (Wildman–Crippen LogP) is 2.99. The van der Waals surface area contributed by atoms with Gasteiger partial charge in [-0.3, -0.25) is 4.98 Å². The van der Waals surface area contributed by atoms with Crippen LogP contribution in [0.5, 0.6) is 0 Å². The summed E-state index contributed by atoms with van der Waals surface area (Å²) in [6.07, 6.45) is 8.20. The van der Waals surface area contributed by atoms with E-state index in [1.807, 2.05) is 18.2 Å². The van der Waals surface area contributed by atoms with Gasteiger partial charge in [0.1, 0.15) is 0 Å². The van der Waals surface area contributed by atoms with E-state index in [4.69, 9.17) is 9.47 Å². The van der Waals surface area contributed by atoms with Crippen LogP contribution in [0.3, 0.4) is 0 Å². The highest BCUT2D eigenvalue weighted by Gasteiger charge is 2.46. The zero-order valence-electron chi connectivity index (χ0n) is 15.4. The fourth-order valence-corrected chi connectivity index (χ4v) is 4.19. The van der Waals surface area contributed by atoms with Crippen molar-refractivity contribution >= 4 is 5.95 Å². The predicted molar refractivity (Wildman–Crippen MR) is 98.7 cm³/mol. The second kappa shape index (κ2) is 8.27. The Morgan fingerprint density at radius 2 is 2.00 bits per heavy atom. The van der Waals surface area contributed by atoms with E-state index in [9.17, 15) is 4.39 Å². The Morgan fingerprint density at radius 1 is 1.19 bits per heavy atom. The van der Waals surface area contributed by atoms with Gasteiger partial charge in [0.2, 0.25) is 5.95 Å². The van der Waals surface area contributed by atoms with E-state index in [1.165, 1.54) is 12.4 Å². The second-order valence-electron chi connectivity index (χ2n) is 7.25. The lowest BCUT2D eigenvalue weighted by Gasteiger charge is -2.42. The minimum atomic E-state index is -0.405. The number of halogens is 1. The highest BCUT2D eigenvalue weighted by atomic mass is 19.1. The first-order valence-corrected chi connectivity index (χ1v) is 9.59. The molecule has 4 heterocycles. The minimum absolute atomic E-state index is 0.0646. The van der Waals surface area contributed by atoms with Crippen molar-refractivity contribution in [3.05, 3.63) is 48.3 Å². The van der Waals surface area contributed by atoms with Gasteiger partial charge in [-0.1, -0.05) is 6.07 Å². The number of anilines is 1. The molecule has 4 rings (SSSR count).